The van der Waals surface area contributed by atoms with E-state index in [2.05, 4.69) is 10.0 Å². The van der Waals surface area contributed by atoms with Crippen LogP contribution in [0.15, 0.2) is 40.6 Å². The van der Waals surface area contributed by atoms with Crippen LogP contribution in [0.1, 0.15) is 29.1 Å². The number of benzene rings is 1. The molecule has 0 aliphatic heterocycles. The van der Waals surface area contributed by atoms with Crippen molar-refractivity contribution in [2.45, 2.75) is 31.3 Å². The second kappa shape index (κ2) is 10.9. The van der Waals surface area contributed by atoms with Gasteiger partial charge in [0, 0.05) is 10.9 Å². The fourth-order valence-electron chi connectivity index (χ4n) is 2.39. The Bertz CT molecular complexity index is 1030. The van der Waals surface area contributed by atoms with E-state index in [1.165, 1.54) is 30.6 Å². The summed E-state index contributed by atoms with van der Waals surface area (Å²) in [5.41, 5.74) is -0.0973. The molecule has 2 aromatic rings. The van der Waals surface area contributed by atoms with Gasteiger partial charge in [-0.25, -0.2) is 22.7 Å². The van der Waals surface area contributed by atoms with Gasteiger partial charge in [0.2, 0.25) is 10.0 Å². The highest BCUT2D eigenvalue weighted by Gasteiger charge is 2.23. The number of nitrogens with one attached hydrogen (secondary N) is 3. The standard InChI is InChI=1S/C19H23N3O7S2/c1-12(2)22-31(26,27)16-9-13(6-7-15(16)28-3)18(24)29-11-17(23)21-19(25)20-10-14-5-4-8-30-14/h4-9,12,22H,10-11H2,1-3H3,(H2,20,21,23,25). The van der Waals surface area contributed by atoms with Crippen LogP contribution in [0, 0.1) is 0 Å². The lowest BCUT2D eigenvalue weighted by atomic mass is 10.2. The average Bonchev–Trinajstić information content (AvgIpc) is 3.22. The number of esters is 1. The largest absolute Gasteiger partial charge is 0.495 e. The number of hydrogen-bond acceptors (Lipinski definition) is 8. The van der Waals surface area contributed by atoms with E-state index in [4.69, 9.17) is 9.47 Å². The Morgan fingerprint density at radius 1 is 1.16 bits per heavy atom. The monoisotopic (exact) mass is 469 g/mol. The van der Waals surface area contributed by atoms with Gasteiger partial charge in [0.15, 0.2) is 6.61 Å². The van der Waals surface area contributed by atoms with Crippen LogP contribution in [-0.2, 0) is 26.1 Å². The second-order valence-electron chi connectivity index (χ2n) is 6.53. The van der Waals surface area contributed by atoms with E-state index in [9.17, 15) is 22.8 Å². The third-order valence-corrected chi connectivity index (χ3v) is 6.23. The number of thiophene rings is 1. The summed E-state index contributed by atoms with van der Waals surface area (Å²) in [5.74, 6) is -1.72. The number of carbonyl (C=O) groups is 3. The minimum atomic E-state index is -3.94. The van der Waals surface area contributed by atoms with E-state index in [0.29, 0.717) is 0 Å². The van der Waals surface area contributed by atoms with Gasteiger partial charge in [0.1, 0.15) is 10.6 Å². The predicted molar refractivity (Wildman–Crippen MR) is 113 cm³/mol. The molecule has 1 heterocycles. The number of sulfonamides is 1. The molecule has 0 atom stereocenters. The van der Waals surface area contributed by atoms with E-state index in [-0.39, 0.29) is 28.8 Å². The third kappa shape index (κ3) is 7.35. The van der Waals surface area contributed by atoms with E-state index in [1.54, 1.807) is 13.8 Å². The maximum Gasteiger partial charge on any atom is 0.338 e. The van der Waals surface area contributed by atoms with Crippen LogP contribution in [0.2, 0.25) is 0 Å². The first-order valence-corrected chi connectivity index (χ1v) is 11.5. The molecule has 31 heavy (non-hydrogen) atoms. The number of rotatable bonds is 9. The van der Waals surface area contributed by atoms with Crippen LogP contribution < -0.4 is 20.1 Å². The Balaban J connectivity index is 1.96. The molecule has 12 heteroatoms. The summed E-state index contributed by atoms with van der Waals surface area (Å²) in [6, 6.07) is 6.27. The topological polar surface area (TPSA) is 140 Å². The molecule has 0 radical (unpaired) electrons. The van der Waals surface area contributed by atoms with Crippen LogP contribution in [0.5, 0.6) is 5.75 Å². The fraction of sp³-hybridized carbons (Fsp3) is 0.316. The Morgan fingerprint density at radius 3 is 2.52 bits per heavy atom. The molecule has 0 aliphatic carbocycles. The van der Waals surface area contributed by atoms with Crippen LogP contribution >= 0.6 is 11.3 Å². The van der Waals surface area contributed by atoms with Gasteiger partial charge >= 0.3 is 12.0 Å². The number of carbonyl (C=O) groups excluding carboxylic acids is 3. The van der Waals surface area contributed by atoms with Crippen molar-refractivity contribution in [3.63, 3.8) is 0 Å². The fourth-order valence-corrected chi connectivity index (χ4v) is 4.48. The van der Waals surface area contributed by atoms with Gasteiger partial charge in [-0.3, -0.25) is 10.1 Å². The number of ether oxygens (including phenoxy) is 2. The molecule has 168 valence electrons. The molecular weight excluding hydrogens is 446 g/mol. The molecular formula is C19H23N3O7S2. The summed E-state index contributed by atoms with van der Waals surface area (Å²) in [4.78, 5) is 36.5. The lowest BCUT2D eigenvalue weighted by molar-refractivity contribution is -0.123. The van der Waals surface area contributed by atoms with Crippen molar-refractivity contribution in [3.8, 4) is 5.75 Å². The molecule has 0 spiro atoms. The minimum Gasteiger partial charge on any atom is -0.495 e. The van der Waals surface area contributed by atoms with E-state index in [0.717, 1.165) is 10.9 Å². The zero-order chi connectivity index (χ0) is 23.0. The number of amides is 3. The quantitative estimate of drug-likeness (QED) is 0.474. The van der Waals surface area contributed by atoms with Crippen LogP contribution in [0.25, 0.3) is 0 Å². The highest BCUT2D eigenvalue weighted by atomic mass is 32.2. The summed E-state index contributed by atoms with van der Waals surface area (Å²) in [6.07, 6.45) is 0. The molecule has 0 saturated heterocycles. The Morgan fingerprint density at radius 2 is 1.90 bits per heavy atom. The number of methoxy groups -OCH3 is 1. The van der Waals surface area contributed by atoms with E-state index in [1.807, 2.05) is 22.8 Å². The maximum atomic E-state index is 12.5. The summed E-state index contributed by atoms with van der Waals surface area (Å²) in [7, 11) is -2.64. The summed E-state index contributed by atoms with van der Waals surface area (Å²) < 4.78 is 37.3. The molecule has 0 aliphatic rings. The zero-order valence-corrected chi connectivity index (χ0v) is 18.8. The van der Waals surface area contributed by atoms with Gasteiger partial charge in [0.05, 0.1) is 19.2 Å². The molecule has 0 fully saturated rings. The number of urea groups is 1. The minimum absolute atomic E-state index is 0.0462. The summed E-state index contributed by atoms with van der Waals surface area (Å²) >= 11 is 1.45. The molecule has 0 saturated carbocycles. The smallest absolute Gasteiger partial charge is 0.338 e. The van der Waals surface area contributed by atoms with E-state index < -0.39 is 34.5 Å². The lowest BCUT2D eigenvalue weighted by Crippen LogP contribution is -2.41. The van der Waals surface area contributed by atoms with Gasteiger partial charge in [-0.2, -0.15) is 0 Å². The first kappa shape index (κ1) is 24.3. The van der Waals surface area contributed by atoms with Gasteiger partial charge in [-0.1, -0.05) is 6.07 Å². The Hall–Kier alpha value is -2.96. The van der Waals surface area contributed by atoms with Crippen LogP contribution in [0.3, 0.4) is 0 Å². The first-order chi connectivity index (χ1) is 14.6. The first-order valence-electron chi connectivity index (χ1n) is 9.10. The SMILES string of the molecule is COc1ccc(C(=O)OCC(=O)NC(=O)NCc2cccs2)cc1S(=O)(=O)NC(C)C. The van der Waals surface area contributed by atoms with Crippen molar-refractivity contribution in [2.75, 3.05) is 13.7 Å². The van der Waals surface area contributed by atoms with Crippen molar-refractivity contribution in [1.29, 1.82) is 0 Å². The van der Waals surface area contributed by atoms with Crippen LogP contribution in [0.4, 0.5) is 4.79 Å². The predicted octanol–water partition coefficient (Wildman–Crippen LogP) is 1.63. The van der Waals surface area contributed by atoms with Crippen molar-refractivity contribution in [3.05, 3.63) is 46.2 Å². The lowest BCUT2D eigenvalue weighted by Gasteiger charge is -2.14. The van der Waals surface area contributed by atoms with Crippen molar-refractivity contribution in [2.24, 2.45) is 0 Å². The molecule has 3 amide bonds. The van der Waals surface area contributed by atoms with Gasteiger partial charge < -0.3 is 14.8 Å². The van der Waals surface area contributed by atoms with E-state index >= 15 is 0 Å². The molecule has 2 rings (SSSR count). The van der Waals surface area contributed by atoms with Gasteiger partial charge in [-0.05, 0) is 43.5 Å². The molecule has 1 aromatic carbocycles. The number of hydrogen-bond donors (Lipinski definition) is 3. The molecule has 0 unspecified atom stereocenters. The maximum absolute atomic E-state index is 12.5. The molecule has 1 aromatic heterocycles. The van der Waals surface area contributed by atoms with Gasteiger partial charge in [-0.15, -0.1) is 11.3 Å². The highest BCUT2D eigenvalue weighted by Crippen LogP contribution is 2.25. The van der Waals surface area contributed by atoms with Crippen molar-refractivity contribution >= 4 is 39.3 Å². The summed E-state index contributed by atoms with van der Waals surface area (Å²) in [6.45, 7) is 2.84. The van der Waals surface area contributed by atoms with Crippen molar-refractivity contribution < 1.29 is 32.3 Å². The second-order valence-corrected chi connectivity index (χ2v) is 9.24. The highest BCUT2D eigenvalue weighted by molar-refractivity contribution is 7.89. The van der Waals surface area contributed by atoms with Crippen LogP contribution in [-0.4, -0.2) is 46.1 Å². The normalized spacial score (nSPS) is 11.1. The van der Waals surface area contributed by atoms with Gasteiger partial charge in [0.25, 0.3) is 5.91 Å². The molecule has 10 nitrogen and oxygen atoms in total. The molecule has 3 N–H and O–H groups in total. The average molecular weight is 470 g/mol. The Kier molecular flexibility index (Phi) is 8.54. The Labute approximate surface area is 184 Å². The zero-order valence-electron chi connectivity index (χ0n) is 17.1. The number of imide groups is 1. The summed E-state index contributed by atoms with van der Waals surface area (Å²) in [5, 5.41) is 6.39. The third-order valence-electron chi connectivity index (χ3n) is 3.67. The van der Waals surface area contributed by atoms with Crippen molar-refractivity contribution in [1.82, 2.24) is 15.4 Å². The molecule has 0 bridgehead atoms.